The predicted octanol–water partition coefficient (Wildman–Crippen LogP) is 3.92. The van der Waals surface area contributed by atoms with Gasteiger partial charge in [0.1, 0.15) is 16.8 Å². The van der Waals surface area contributed by atoms with Gasteiger partial charge in [-0.15, -0.1) is 0 Å². The zero-order valence-corrected chi connectivity index (χ0v) is 13.7. The van der Waals surface area contributed by atoms with E-state index in [1.165, 1.54) is 30.3 Å². The maximum Gasteiger partial charge on any atom is 0.192 e. The van der Waals surface area contributed by atoms with Gasteiger partial charge in [0.25, 0.3) is 0 Å². The van der Waals surface area contributed by atoms with Gasteiger partial charge in [0.15, 0.2) is 9.84 Å². The molecular formula is C18H16FNO2S. The zero-order chi connectivity index (χ0) is 17.0. The molecule has 0 spiro atoms. The molecule has 0 aliphatic carbocycles. The second-order valence-corrected chi connectivity index (χ2v) is 7.32. The van der Waals surface area contributed by atoms with E-state index in [0.717, 1.165) is 11.1 Å². The molecule has 0 aliphatic rings. The summed E-state index contributed by atoms with van der Waals surface area (Å²) in [6.07, 6.45) is 1.39. The fraction of sp³-hybridized carbons (Fsp3) is 0.167. The van der Waals surface area contributed by atoms with Gasteiger partial charge in [-0.1, -0.05) is 35.9 Å². The molecular weight excluding hydrogens is 313 g/mol. The van der Waals surface area contributed by atoms with E-state index in [4.69, 9.17) is 0 Å². The second kappa shape index (κ2) is 6.76. The van der Waals surface area contributed by atoms with Crippen molar-refractivity contribution in [1.82, 2.24) is 0 Å². The largest absolute Gasteiger partial charge is 0.223 e. The van der Waals surface area contributed by atoms with Crippen molar-refractivity contribution in [2.24, 2.45) is 0 Å². The maximum absolute atomic E-state index is 12.9. The molecule has 0 aliphatic heterocycles. The SMILES string of the molecule is Cc1ccc(C)c(/C=C(/C#N)S(=O)(=O)Cc2ccc(F)cc2)c1. The minimum atomic E-state index is -3.79. The van der Waals surface area contributed by atoms with E-state index in [-0.39, 0.29) is 10.7 Å². The fourth-order valence-electron chi connectivity index (χ4n) is 2.13. The highest BCUT2D eigenvalue weighted by Gasteiger charge is 2.19. The third-order valence-electron chi connectivity index (χ3n) is 3.44. The Morgan fingerprint density at radius 3 is 2.43 bits per heavy atom. The van der Waals surface area contributed by atoms with Crippen LogP contribution >= 0.6 is 0 Å². The van der Waals surface area contributed by atoms with Gasteiger partial charge in [0, 0.05) is 0 Å². The molecule has 2 aromatic carbocycles. The Morgan fingerprint density at radius 1 is 1.17 bits per heavy atom. The molecule has 0 saturated heterocycles. The van der Waals surface area contributed by atoms with Crippen LogP contribution < -0.4 is 0 Å². The Kier molecular flexibility index (Phi) is 4.97. The fourth-order valence-corrected chi connectivity index (χ4v) is 3.36. The first kappa shape index (κ1) is 16.9. The monoisotopic (exact) mass is 329 g/mol. The summed E-state index contributed by atoms with van der Waals surface area (Å²) in [5, 5.41) is 9.25. The number of aryl methyl sites for hydroxylation is 2. The normalized spacial score (nSPS) is 12.0. The van der Waals surface area contributed by atoms with Gasteiger partial charge in [-0.3, -0.25) is 0 Å². The van der Waals surface area contributed by atoms with Crippen molar-refractivity contribution in [3.8, 4) is 6.07 Å². The van der Waals surface area contributed by atoms with E-state index in [9.17, 15) is 18.1 Å². The number of nitrogens with zero attached hydrogens (tertiary/aromatic N) is 1. The van der Waals surface area contributed by atoms with Crippen LogP contribution in [0.15, 0.2) is 47.4 Å². The highest BCUT2D eigenvalue weighted by Crippen LogP contribution is 2.20. The number of benzene rings is 2. The number of halogens is 1. The molecule has 0 atom stereocenters. The summed E-state index contributed by atoms with van der Waals surface area (Å²) in [6.45, 7) is 3.75. The highest BCUT2D eigenvalue weighted by molar-refractivity contribution is 7.95. The minimum absolute atomic E-state index is 0.296. The molecule has 0 unspecified atom stereocenters. The van der Waals surface area contributed by atoms with Crippen molar-refractivity contribution in [3.63, 3.8) is 0 Å². The summed E-state index contributed by atoms with van der Waals surface area (Å²) in [6, 6.07) is 12.6. The number of rotatable bonds is 4. The van der Waals surface area contributed by atoms with Crippen LogP contribution in [0.3, 0.4) is 0 Å². The quantitative estimate of drug-likeness (QED) is 0.799. The first-order chi connectivity index (χ1) is 10.8. The summed E-state index contributed by atoms with van der Waals surface area (Å²) in [4.78, 5) is -0.296. The summed E-state index contributed by atoms with van der Waals surface area (Å²) >= 11 is 0. The van der Waals surface area contributed by atoms with Crippen LogP contribution in [0.1, 0.15) is 22.3 Å². The molecule has 0 radical (unpaired) electrons. The Morgan fingerprint density at radius 2 is 1.83 bits per heavy atom. The summed E-state index contributed by atoms with van der Waals surface area (Å²) in [5.41, 5.74) is 3.01. The standard InChI is InChI=1S/C18H16FNO2S/c1-13-3-4-14(2)16(9-13)10-18(11-20)23(21,22)12-15-5-7-17(19)8-6-15/h3-10H,12H2,1-2H3/b18-10-. The average molecular weight is 329 g/mol. The molecule has 0 amide bonds. The van der Waals surface area contributed by atoms with Gasteiger partial charge in [-0.2, -0.15) is 5.26 Å². The lowest BCUT2D eigenvalue weighted by Gasteiger charge is -2.06. The molecule has 118 valence electrons. The van der Waals surface area contributed by atoms with Gasteiger partial charge in [-0.25, -0.2) is 12.8 Å². The van der Waals surface area contributed by atoms with E-state index >= 15 is 0 Å². The summed E-state index contributed by atoms with van der Waals surface area (Å²) in [7, 11) is -3.79. The molecule has 0 heterocycles. The van der Waals surface area contributed by atoms with Gasteiger partial charge in [-0.05, 0) is 48.7 Å². The van der Waals surface area contributed by atoms with E-state index in [1.807, 2.05) is 32.0 Å². The summed E-state index contributed by atoms with van der Waals surface area (Å²) < 4.78 is 37.8. The molecule has 3 nitrogen and oxygen atoms in total. The number of sulfone groups is 1. The van der Waals surface area contributed by atoms with Crippen LogP contribution in [0.2, 0.25) is 0 Å². The van der Waals surface area contributed by atoms with Crippen molar-refractivity contribution in [2.75, 3.05) is 0 Å². The van der Waals surface area contributed by atoms with Crippen LogP contribution in [-0.4, -0.2) is 8.42 Å². The first-order valence-electron chi connectivity index (χ1n) is 6.98. The van der Waals surface area contributed by atoms with E-state index in [2.05, 4.69) is 0 Å². The molecule has 0 bridgehead atoms. The topological polar surface area (TPSA) is 57.9 Å². The molecule has 0 fully saturated rings. The Balaban J connectivity index is 2.39. The second-order valence-electron chi connectivity index (χ2n) is 5.37. The van der Waals surface area contributed by atoms with Crippen molar-refractivity contribution >= 4 is 15.9 Å². The minimum Gasteiger partial charge on any atom is -0.223 e. The Hall–Kier alpha value is -2.45. The van der Waals surface area contributed by atoms with E-state index in [1.54, 1.807) is 6.07 Å². The lowest BCUT2D eigenvalue weighted by molar-refractivity contribution is 0.602. The molecule has 0 aromatic heterocycles. The molecule has 0 N–H and O–H groups in total. The van der Waals surface area contributed by atoms with Crippen LogP contribution in [0.4, 0.5) is 4.39 Å². The van der Waals surface area contributed by atoms with Crippen LogP contribution in [-0.2, 0) is 15.6 Å². The molecule has 0 saturated carbocycles. The molecule has 23 heavy (non-hydrogen) atoms. The van der Waals surface area contributed by atoms with E-state index in [0.29, 0.717) is 11.1 Å². The molecule has 5 heteroatoms. The highest BCUT2D eigenvalue weighted by atomic mass is 32.2. The van der Waals surface area contributed by atoms with Crippen molar-refractivity contribution < 1.29 is 12.8 Å². The lowest BCUT2D eigenvalue weighted by Crippen LogP contribution is -2.06. The van der Waals surface area contributed by atoms with Gasteiger partial charge >= 0.3 is 0 Å². The smallest absolute Gasteiger partial charge is 0.192 e. The lowest BCUT2D eigenvalue weighted by atomic mass is 10.1. The van der Waals surface area contributed by atoms with Gasteiger partial charge in [0.2, 0.25) is 0 Å². The van der Waals surface area contributed by atoms with Crippen LogP contribution in [0.5, 0.6) is 0 Å². The summed E-state index contributed by atoms with van der Waals surface area (Å²) in [5.74, 6) is -0.769. The van der Waals surface area contributed by atoms with Gasteiger partial charge in [0.05, 0.1) is 5.75 Å². The molecule has 2 aromatic rings. The van der Waals surface area contributed by atoms with Crippen molar-refractivity contribution in [2.45, 2.75) is 19.6 Å². The third-order valence-corrected chi connectivity index (χ3v) is 5.03. The van der Waals surface area contributed by atoms with Crippen molar-refractivity contribution in [3.05, 3.63) is 75.4 Å². The number of allylic oxidation sites excluding steroid dienone is 1. The van der Waals surface area contributed by atoms with Crippen LogP contribution in [0.25, 0.3) is 6.08 Å². The zero-order valence-electron chi connectivity index (χ0n) is 12.9. The average Bonchev–Trinajstić information content (AvgIpc) is 2.50. The number of hydrogen-bond acceptors (Lipinski definition) is 3. The van der Waals surface area contributed by atoms with Gasteiger partial charge < -0.3 is 0 Å². The van der Waals surface area contributed by atoms with Crippen molar-refractivity contribution in [1.29, 1.82) is 5.26 Å². The number of nitriles is 1. The first-order valence-corrected chi connectivity index (χ1v) is 8.63. The Bertz CT molecular complexity index is 892. The third kappa shape index (κ3) is 4.27. The predicted molar refractivity (Wildman–Crippen MR) is 88.5 cm³/mol. The number of hydrogen-bond donors (Lipinski definition) is 0. The molecule has 2 rings (SSSR count). The van der Waals surface area contributed by atoms with E-state index < -0.39 is 15.7 Å². The van der Waals surface area contributed by atoms with Crippen LogP contribution in [0, 0.1) is 31.0 Å². The maximum atomic E-state index is 12.9. The Labute approximate surface area is 135 Å².